The Kier molecular flexibility index (Phi) is 2.97. The van der Waals surface area contributed by atoms with Crippen molar-refractivity contribution >= 4 is 39.5 Å². The molecule has 1 atom stereocenters. The van der Waals surface area contributed by atoms with Gasteiger partial charge in [0.15, 0.2) is 11.4 Å². The molecule has 1 fully saturated rings. The number of para-hydroxylation sites is 1. The molecule has 0 bridgehead atoms. The lowest BCUT2D eigenvalue weighted by Gasteiger charge is -2.32. The summed E-state index contributed by atoms with van der Waals surface area (Å²) in [5.74, 6) is 0.787. The van der Waals surface area contributed by atoms with Crippen molar-refractivity contribution in [1.29, 1.82) is 0 Å². The van der Waals surface area contributed by atoms with E-state index in [9.17, 15) is 0 Å². The maximum atomic E-state index is 6.13. The van der Waals surface area contributed by atoms with E-state index in [1.54, 1.807) is 0 Å². The monoisotopic (exact) mass is 302 g/mol. The summed E-state index contributed by atoms with van der Waals surface area (Å²) in [4.78, 5) is 11.0. The van der Waals surface area contributed by atoms with Gasteiger partial charge < -0.3 is 14.6 Å². The molecule has 108 valence electrons. The molecule has 6 heteroatoms. The first-order valence-corrected chi connectivity index (χ1v) is 7.43. The lowest BCUT2D eigenvalue weighted by Crippen LogP contribution is -2.49. The third-order valence-electron chi connectivity index (χ3n) is 3.84. The maximum absolute atomic E-state index is 6.13. The van der Waals surface area contributed by atoms with E-state index in [1.807, 2.05) is 24.3 Å². The van der Waals surface area contributed by atoms with Gasteiger partial charge in [-0.25, -0.2) is 4.98 Å². The highest BCUT2D eigenvalue weighted by atomic mass is 35.5. The number of piperazine rings is 1. The Hall–Kier alpha value is -1.85. The van der Waals surface area contributed by atoms with Crippen LogP contribution in [-0.2, 0) is 0 Å². The number of fused-ring (bicyclic) bond motifs is 3. The van der Waals surface area contributed by atoms with Crippen LogP contribution in [0.25, 0.3) is 22.1 Å². The van der Waals surface area contributed by atoms with Gasteiger partial charge in [-0.05, 0) is 30.7 Å². The lowest BCUT2D eigenvalue weighted by molar-refractivity contribution is 0.481. The number of halogens is 1. The molecule has 1 aliphatic rings. The van der Waals surface area contributed by atoms with Crippen molar-refractivity contribution < 1.29 is 4.42 Å². The van der Waals surface area contributed by atoms with E-state index in [0.717, 1.165) is 47.5 Å². The molecule has 0 amide bonds. The van der Waals surface area contributed by atoms with Crippen molar-refractivity contribution in [3.8, 4) is 0 Å². The first-order chi connectivity index (χ1) is 10.2. The second-order valence-corrected chi connectivity index (χ2v) is 5.73. The van der Waals surface area contributed by atoms with Crippen molar-refractivity contribution in [2.24, 2.45) is 0 Å². The summed E-state index contributed by atoms with van der Waals surface area (Å²) in [5, 5.41) is 4.66. The topological polar surface area (TPSA) is 54.2 Å². The number of hydrogen-bond acceptors (Lipinski definition) is 5. The fourth-order valence-corrected chi connectivity index (χ4v) is 3.05. The minimum absolute atomic E-state index is 0.259. The molecular formula is C15H15ClN4O. The zero-order chi connectivity index (χ0) is 14.4. The Morgan fingerprint density at radius 2 is 2.19 bits per heavy atom. The van der Waals surface area contributed by atoms with Gasteiger partial charge in [-0.2, -0.15) is 4.98 Å². The van der Waals surface area contributed by atoms with E-state index >= 15 is 0 Å². The molecule has 0 spiro atoms. The Morgan fingerprint density at radius 1 is 1.33 bits per heavy atom. The van der Waals surface area contributed by atoms with Crippen LogP contribution in [0.5, 0.6) is 0 Å². The van der Waals surface area contributed by atoms with Gasteiger partial charge in [-0.3, -0.25) is 0 Å². The average Bonchev–Trinajstić information content (AvgIpc) is 2.85. The van der Waals surface area contributed by atoms with E-state index in [1.165, 1.54) is 0 Å². The lowest BCUT2D eigenvalue weighted by atomic mass is 10.2. The number of hydrogen-bond donors (Lipinski definition) is 1. The minimum Gasteiger partial charge on any atom is -0.450 e. The predicted molar refractivity (Wildman–Crippen MR) is 84.0 cm³/mol. The molecule has 3 aromatic rings. The molecule has 4 rings (SSSR count). The Bertz CT molecular complexity index is 816. The van der Waals surface area contributed by atoms with E-state index in [-0.39, 0.29) is 5.28 Å². The molecular weight excluding hydrogens is 288 g/mol. The van der Waals surface area contributed by atoms with Crippen LogP contribution >= 0.6 is 11.6 Å². The molecule has 1 aliphatic heterocycles. The molecule has 1 aromatic carbocycles. The van der Waals surface area contributed by atoms with Crippen LogP contribution < -0.4 is 10.2 Å². The van der Waals surface area contributed by atoms with Crippen molar-refractivity contribution in [1.82, 2.24) is 15.3 Å². The van der Waals surface area contributed by atoms with E-state index < -0.39 is 0 Å². The SMILES string of the molecule is CC1CN(c2nc(Cl)nc3c2oc2ccccc23)CCN1. The zero-order valence-electron chi connectivity index (χ0n) is 11.6. The van der Waals surface area contributed by atoms with Gasteiger partial charge >= 0.3 is 0 Å². The Morgan fingerprint density at radius 3 is 3.05 bits per heavy atom. The van der Waals surface area contributed by atoms with Gasteiger partial charge in [0.1, 0.15) is 11.1 Å². The van der Waals surface area contributed by atoms with Crippen LogP contribution in [0.4, 0.5) is 5.82 Å². The number of aromatic nitrogens is 2. The minimum atomic E-state index is 0.259. The summed E-state index contributed by atoms with van der Waals surface area (Å²) in [6.45, 7) is 4.83. The molecule has 5 nitrogen and oxygen atoms in total. The van der Waals surface area contributed by atoms with Crippen molar-refractivity contribution in [2.45, 2.75) is 13.0 Å². The summed E-state index contributed by atoms with van der Waals surface area (Å²) in [7, 11) is 0. The highest BCUT2D eigenvalue weighted by Crippen LogP contribution is 2.33. The maximum Gasteiger partial charge on any atom is 0.225 e. The second-order valence-electron chi connectivity index (χ2n) is 5.39. The number of nitrogens with zero attached hydrogens (tertiary/aromatic N) is 3. The van der Waals surface area contributed by atoms with Crippen LogP contribution in [0.2, 0.25) is 5.28 Å². The van der Waals surface area contributed by atoms with E-state index in [4.69, 9.17) is 16.0 Å². The van der Waals surface area contributed by atoms with Crippen LogP contribution in [0.1, 0.15) is 6.92 Å². The van der Waals surface area contributed by atoms with Gasteiger partial charge in [0.2, 0.25) is 5.28 Å². The summed E-state index contributed by atoms with van der Waals surface area (Å²) >= 11 is 6.13. The predicted octanol–water partition coefficient (Wildman–Crippen LogP) is 2.83. The fourth-order valence-electron chi connectivity index (χ4n) is 2.89. The summed E-state index contributed by atoms with van der Waals surface area (Å²) in [6.07, 6.45) is 0. The second kappa shape index (κ2) is 4.86. The van der Waals surface area contributed by atoms with Crippen molar-refractivity contribution in [3.63, 3.8) is 0 Å². The molecule has 0 saturated carbocycles. The third kappa shape index (κ3) is 2.13. The highest BCUT2D eigenvalue weighted by Gasteiger charge is 2.23. The number of furan rings is 1. The number of anilines is 1. The molecule has 21 heavy (non-hydrogen) atoms. The summed E-state index contributed by atoms with van der Waals surface area (Å²) < 4.78 is 5.98. The first-order valence-electron chi connectivity index (χ1n) is 7.05. The zero-order valence-corrected chi connectivity index (χ0v) is 12.4. The van der Waals surface area contributed by atoms with Gasteiger partial charge in [0, 0.05) is 31.1 Å². The van der Waals surface area contributed by atoms with Crippen LogP contribution in [-0.4, -0.2) is 35.6 Å². The highest BCUT2D eigenvalue weighted by molar-refractivity contribution is 6.29. The van der Waals surface area contributed by atoms with Crippen LogP contribution in [0.3, 0.4) is 0 Å². The van der Waals surface area contributed by atoms with Gasteiger partial charge in [0.25, 0.3) is 0 Å². The Labute approximate surface area is 126 Å². The average molecular weight is 303 g/mol. The normalized spacial score (nSPS) is 19.5. The van der Waals surface area contributed by atoms with E-state index in [2.05, 4.69) is 27.1 Å². The summed E-state index contributed by atoms with van der Waals surface area (Å²) in [5.41, 5.74) is 2.31. The molecule has 0 radical (unpaired) electrons. The summed E-state index contributed by atoms with van der Waals surface area (Å²) in [6, 6.07) is 8.27. The third-order valence-corrected chi connectivity index (χ3v) is 4.01. The molecule has 0 aliphatic carbocycles. The quantitative estimate of drug-likeness (QED) is 0.701. The first kappa shape index (κ1) is 12.9. The molecule has 1 unspecified atom stereocenters. The number of nitrogens with one attached hydrogen (secondary N) is 1. The van der Waals surface area contributed by atoms with Crippen molar-refractivity contribution in [2.75, 3.05) is 24.5 Å². The smallest absolute Gasteiger partial charge is 0.225 e. The molecule has 2 aromatic heterocycles. The van der Waals surface area contributed by atoms with Crippen LogP contribution in [0.15, 0.2) is 28.7 Å². The van der Waals surface area contributed by atoms with Gasteiger partial charge in [-0.1, -0.05) is 12.1 Å². The number of benzene rings is 1. The fraction of sp³-hybridized carbons (Fsp3) is 0.333. The standard InChI is InChI=1S/C15H15ClN4O/c1-9-8-20(7-6-17-9)14-13-12(18-15(16)19-14)10-4-2-3-5-11(10)21-13/h2-5,9,17H,6-8H2,1H3. The molecule has 3 heterocycles. The van der Waals surface area contributed by atoms with Gasteiger partial charge in [-0.15, -0.1) is 0 Å². The van der Waals surface area contributed by atoms with E-state index in [0.29, 0.717) is 6.04 Å². The molecule has 1 N–H and O–H groups in total. The molecule has 1 saturated heterocycles. The van der Waals surface area contributed by atoms with Crippen molar-refractivity contribution in [3.05, 3.63) is 29.5 Å². The Balaban J connectivity index is 1.95. The van der Waals surface area contributed by atoms with Crippen LogP contribution in [0, 0.1) is 0 Å². The largest absolute Gasteiger partial charge is 0.450 e. The van der Waals surface area contributed by atoms with Gasteiger partial charge in [0.05, 0.1) is 0 Å². The number of rotatable bonds is 1.